The van der Waals surface area contributed by atoms with Gasteiger partial charge in [0.05, 0.1) is 13.2 Å². The van der Waals surface area contributed by atoms with E-state index in [0.29, 0.717) is 5.75 Å². The topological polar surface area (TPSA) is 75.3 Å². The van der Waals surface area contributed by atoms with Crippen molar-refractivity contribution in [2.45, 2.75) is 37.8 Å². The monoisotopic (exact) mass is 399 g/mol. The fraction of sp³-hybridized carbons (Fsp3) is 0.409. The summed E-state index contributed by atoms with van der Waals surface area (Å²) in [5.74, 6) is 3.54. The zero-order chi connectivity index (χ0) is 20.1. The second-order valence-corrected chi connectivity index (χ2v) is 7.14. The Hall–Kier alpha value is -3.09. The lowest BCUT2D eigenvalue weighted by molar-refractivity contribution is -0.124. The van der Waals surface area contributed by atoms with Gasteiger partial charge in [-0.15, -0.1) is 0 Å². The van der Waals surface area contributed by atoms with Gasteiger partial charge in [0.25, 0.3) is 5.91 Å². The highest BCUT2D eigenvalue weighted by Crippen LogP contribution is 2.36. The van der Waals surface area contributed by atoms with Gasteiger partial charge in [0.2, 0.25) is 6.79 Å². The van der Waals surface area contributed by atoms with Crippen LogP contribution in [0, 0.1) is 0 Å². The second kappa shape index (κ2) is 8.94. The second-order valence-electron chi connectivity index (χ2n) is 7.14. The summed E-state index contributed by atoms with van der Waals surface area (Å²) in [6.45, 7) is 0.256. The lowest BCUT2D eigenvalue weighted by Crippen LogP contribution is -2.41. The van der Waals surface area contributed by atoms with E-state index in [1.165, 1.54) is 0 Å². The quantitative estimate of drug-likeness (QED) is 0.770. The average molecular weight is 399 g/mol. The summed E-state index contributed by atoms with van der Waals surface area (Å²) in [5, 5.41) is 3.05. The molecule has 0 atom stereocenters. The van der Waals surface area contributed by atoms with Crippen LogP contribution in [-0.4, -0.2) is 38.6 Å². The van der Waals surface area contributed by atoms with Crippen molar-refractivity contribution >= 4 is 5.91 Å². The number of methoxy groups -OCH3 is 1. The van der Waals surface area contributed by atoms with Gasteiger partial charge >= 0.3 is 0 Å². The SMILES string of the molecule is COc1ccc(OCC(=O)NC2CCC(Oc3ccc4c(c3)OCO4)CC2)cc1. The summed E-state index contributed by atoms with van der Waals surface area (Å²) in [7, 11) is 1.61. The Labute approximate surface area is 169 Å². The number of carbonyl (C=O) groups is 1. The zero-order valence-electron chi connectivity index (χ0n) is 16.4. The van der Waals surface area contributed by atoms with E-state index in [-0.39, 0.29) is 31.5 Å². The Kier molecular flexibility index (Phi) is 5.93. The molecule has 154 valence electrons. The summed E-state index contributed by atoms with van der Waals surface area (Å²) in [4.78, 5) is 12.2. The van der Waals surface area contributed by atoms with Gasteiger partial charge in [0.1, 0.15) is 17.2 Å². The molecule has 0 saturated heterocycles. The lowest BCUT2D eigenvalue weighted by atomic mass is 9.93. The van der Waals surface area contributed by atoms with E-state index < -0.39 is 0 Å². The van der Waals surface area contributed by atoms with Crippen molar-refractivity contribution in [2.24, 2.45) is 0 Å². The van der Waals surface area contributed by atoms with Gasteiger partial charge in [0, 0.05) is 12.1 Å². The number of amides is 1. The highest BCUT2D eigenvalue weighted by Gasteiger charge is 2.24. The van der Waals surface area contributed by atoms with Gasteiger partial charge in [0.15, 0.2) is 18.1 Å². The molecule has 1 heterocycles. The van der Waals surface area contributed by atoms with Crippen molar-refractivity contribution in [1.29, 1.82) is 0 Å². The van der Waals surface area contributed by atoms with Crippen LogP contribution >= 0.6 is 0 Å². The number of carbonyl (C=O) groups excluding carboxylic acids is 1. The number of hydrogen-bond acceptors (Lipinski definition) is 6. The average Bonchev–Trinajstić information content (AvgIpc) is 3.22. The molecule has 2 aromatic carbocycles. The molecular formula is C22H25NO6. The van der Waals surface area contributed by atoms with E-state index in [1.807, 2.05) is 18.2 Å². The maximum absolute atomic E-state index is 12.2. The van der Waals surface area contributed by atoms with Crippen molar-refractivity contribution in [1.82, 2.24) is 5.32 Å². The van der Waals surface area contributed by atoms with E-state index in [9.17, 15) is 4.79 Å². The van der Waals surface area contributed by atoms with Crippen LogP contribution in [0.25, 0.3) is 0 Å². The van der Waals surface area contributed by atoms with Crippen molar-refractivity contribution < 1.29 is 28.5 Å². The molecular weight excluding hydrogens is 374 g/mol. The molecule has 0 bridgehead atoms. The van der Waals surface area contributed by atoms with Gasteiger partial charge in [-0.1, -0.05) is 0 Å². The molecule has 1 fully saturated rings. The Balaban J connectivity index is 1.18. The molecule has 0 aromatic heterocycles. The molecule has 7 heteroatoms. The maximum atomic E-state index is 12.2. The van der Waals surface area contributed by atoms with Gasteiger partial charge < -0.3 is 29.0 Å². The smallest absolute Gasteiger partial charge is 0.258 e. The summed E-state index contributed by atoms with van der Waals surface area (Å²) < 4.78 is 27.4. The summed E-state index contributed by atoms with van der Waals surface area (Å²) in [6, 6.07) is 13.0. The van der Waals surface area contributed by atoms with Crippen molar-refractivity contribution in [3.05, 3.63) is 42.5 Å². The third kappa shape index (κ3) is 5.04. The van der Waals surface area contributed by atoms with Crippen molar-refractivity contribution in [3.63, 3.8) is 0 Å². The van der Waals surface area contributed by atoms with E-state index >= 15 is 0 Å². The fourth-order valence-electron chi connectivity index (χ4n) is 3.56. The molecule has 1 saturated carbocycles. The van der Waals surface area contributed by atoms with Crippen LogP contribution in [0.1, 0.15) is 25.7 Å². The van der Waals surface area contributed by atoms with Crippen LogP contribution in [-0.2, 0) is 4.79 Å². The van der Waals surface area contributed by atoms with Crippen LogP contribution in [0.4, 0.5) is 0 Å². The molecule has 0 radical (unpaired) electrons. The van der Waals surface area contributed by atoms with Gasteiger partial charge in [-0.3, -0.25) is 4.79 Å². The Morgan fingerprint density at radius 1 is 0.966 bits per heavy atom. The molecule has 0 spiro atoms. The first kappa shape index (κ1) is 19.2. The van der Waals surface area contributed by atoms with Crippen LogP contribution < -0.4 is 29.0 Å². The van der Waals surface area contributed by atoms with Crippen molar-refractivity contribution in [2.75, 3.05) is 20.5 Å². The number of fused-ring (bicyclic) bond motifs is 1. The Morgan fingerprint density at radius 2 is 1.66 bits per heavy atom. The Bertz CT molecular complexity index is 830. The molecule has 2 aliphatic rings. The molecule has 0 unspecified atom stereocenters. The van der Waals surface area contributed by atoms with Crippen LogP contribution in [0.15, 0.2) is 42.5 Å². The predicted octanol–water partition coefficient (Wildman–Crippen LogP) is 3.31. The summed E-state index contributed by atoms with van der Waals surface area (Å²) in [5.41, 5.74) is 0. The summed E-state index contributed by atoms with van der Waals surface area (Å²) in [6.07, 6.45) is 3.67. The number of hydrogen-bond donors (Lipinski definition) is 1. The molecule has 1 N–H and O–H groups in total. The largest absolute Gasteiger partial charge is 0.497 e. The minimum absolute atomic E-state index is 0.0000457. The summed E-state index contributed by atoms with van der Waals surface area (Å²) >= 11 is 0. The first-order chi connectivity index (χ1) is 14.2. The molecule has 1 aliphatic carbocycles. The van der Waals surface area contributed by atoms with Gasteiger partial charge in [-0.25, -0.2) is 0 Å². The number of nitrogens with one attached hydrogen (secondary N) is 1. The maximum Gasteiger partial charge on any atom is 0.258 e. The predicted molar refractivity (Wildman–Crippen MR) is 106 cm³/mol. The lowest BCUT2D eigenvalue weighted by Gasteiger charge is -2.29. The molecule has 4 rings (SSSR count). The number of rotatable bonds is 7. The highest BCUT2D eigenvalue weighted by atomic mass is 16.7. The first-order valence-corrected chi connectivity index (χ1v) is 9.82. The molecule has 1 aliphatic heterocycles. The molecule has 2 aromatic rings. The van der Waals surface area contributed by atoms with Crippen LogP contribution in [0.2, 0.25) is 0 Å². The van der Waals surface area contributed by atoms with E-state index in [4.69, 9.17) is 23.7 Å². The van der Waals surface area contributed by atoms with Crippen molar-refractivity contribution in [3.8, 4) is 28.7 Å². The van der Waals surface area contributed by atoms with Gasteiger partial charge in [-0.2, -0.15) is 0 Å². The minimum Gasteiger partial charge on any atom is -0.497 e. The molecule has 1 amide bonds. The Morgan fingerprint density at radius 3 is 2.41 bits per heavy atom. The molecule has 29 heavy (non-hydrogen) atoms. The highest BCUT2D eigenvalue weighted by molar-refractivity contribution is 5.77. The number of benzene rings is 2. The van der Waals surface area contributed by atoms with E-state index in [1.54, 1.807) is 31.4 Å². The first-order valence-electron chi connectivity index (χ1n) is 9.82. The van der Waals surface area contributed by atoms with Crippen LogP contribution in [0.3, 0.4) is 0 Å². The fourth-order valence-corrected chi connectivity index (χ4v) is 3.56. The zero-order valence-corrected chi connectivity index (χ0v) is 16.4. The third-order valence-electron chi connectivity index (χ3n) is 5.12. The standard InChI is InChI=1S/C22H25NO6/c1-25-16-6-8-17(9-7-16)26-13-22(24)23-15-2-4-18(5-3-15)29-19-10-11-20-21(12-19)28-14-27-20/h6-12,15,18H,2-5,13-14H2,1H3,(H,23,24). The van der Waals surface area contributed by atoms with E-state index in [2.05, 4.69) is 5.32 Å². The third-order valence-corrected chi connectivity index (χ3v) is 5.12. The number of ether oxygens (including phenoxy) is 5. The molecule has 7 nitrogen and oxygen atoms in total. The van der Waals surface area contributed by atoms with Gasteiger partial charge in [-0.05, 0) is 62.1 Å². The normalized spacial score (nSPS) is 20.0. The minimum atomic E-state index is -0.110. The van der Waals surface area contributed by atoms with E-state index in [0.717, 1.165) is 48.7 Å². The van der Waals surface area contributed by atoms with Crippen LogP contribution in [0.5, 0.6) is 28.7 Å².